The van der Waals surface area contributed by atoms with Crippen LogP contribution in [0.3, 0.4) is 0 Å². The van der Waals surface area contributed by atoms with Crippen LogP contribution < -0.4 is 0 Å². The summed E-state index contributed by atoms with van der Waals surface area (Å²) in [5.74, 6) is 0. The predicted octanol–water partition coefficient (Wildman–Crippen LogP) is 12.3. The molecule has 45 heavy (non-hydrogen) atoms. The minimum absolute atomic E-state index is 0.575. The summed E-state index contributed by atoms with van der Waals surface area (Å²) in [5, 5.41) is 18.7. The first-order valence-corrected chi connectivity index (χ1v) is 15.8. The number of nitrogens with one attached hydrogen (secondary N) is 1. The molecule has 8 rings (SSSR count). The van der Waals surface area contributed by atoms with E-state index in [9.17, 15) is 0 Å². The third-order valence-corrected chi connectivity index (χ3v) is 9.14. The van der Waals surface area contributed by atoms with Gasteiger partial charge in [0.25, 0.3) is 0 Å². The van der Waals surface area contributed by atoms with Crippen molar-refractivity contribution >= 4 is 54.4 Å². The van der Waals surface area contributed by atoms with Gasteiger partial charge in [-0.25, -0.2) is 0 Å². The molecule has 214 valence electrons. The van der Waals surface area contributed by atoms with Gasteiger partial charge in [0.05, 0.1) is 5.71 Å². The highest BCUT2D eigenvalue weighted by molar-refractivity contribution is 6.23. The molecule has 0 amide bonds. The lowest BCUT2D eigenvalue weighted by molar-refractivity contribution is 0.956. The second-order valence-electron chi connectivity index (χ2n) is 12.0. The van der Waals surface area contributed by atoms with Crippen molar-refractivity contribution < 1.29 is 0 Å². The molecule has 7 aromatic rings. The van der Waals surface area contributed by atoms with Crippen molar-refractivity contribution in [3.8, 4) is 22.3 Å². The Labute approximate surface area is 264 Å². The molecule has 1 aliphatic carbocycles. The molecular formula is C44H33N. The van der Waals surface area contributed by atoms with Crippen molar-refractivity contribution in [1.82, 2.24) is 0 Å². The summed E-state index contributed by atoms with van der Waals surface area (Å²) >= 11 is 0. The zero-order valence-electron chi connectivity index (χ0n) is 25.3. The quantitative estimate of drug-likeness (QED) is 0.197. The van der Waals surface area contributed by atoms with E-state index < -0.39 is 0 Å². The van der Waals surface area contributed by atoms with Gasteiger partial charge >= 0.3 is 0 Å². The van der Waals surface area contributed by atoms with Gasteiger partial charge in [-0.2, -0.15) is 0 Å². The Morgan fingerprint density at radius 1 is 0.511 bits per heavy atom. The maximum absolute atomic E-state index is 8.74. The third-order valence-electron chi connectivity index (χ3n) is 9.14. The Kier molecular flexibility index (Phi) is 6.73. The summed E-state index contributed by atoms with van der Waals surface area (Å²) in [6.07, 6.45) is 10.5. The third kappa shape index (κ3) is 4.78. The van der Waals surface area contributed by atoms with Crippen LogP contribution in [-0.4, -0.2) is 5.71 Å². The molecule has 0 unspecified atom stereocenters. The fraction of sp³-hybridized carbons (Fsp3) is 0.0682. The van der Waals surface area contributed by atoms with Crippen molar-refractivity contribution in [3.05, 3.63) is 163 Å². The smallest absolute Gasteiger partial charge is 0.0615 e. The molecule has 0 aromatic heterocycles. The zero-order valence-corrected chi connectivity index (χ0v) is 25.3. The average Bonchev–Trinajstić information content (AvgIpc) is 3.09. The topological polar surface area (TPSA) is 23.9 Å². The summed E-state index contributed by atoms with van der Waals surface area (Å²) in [6.45, 7) is 2.17. The molecule has 0 heterocycles. The van der Waals surface area contributed by atoms with Gasteiger partial charge in [-0.05, 0) is 113 Å². The van der Waals surface area contributed by atoms with Crippen LogP contribution in [0.4, 0.5) is 0 Å². The highest BCUT2D eigenvalue weighted by atomic mass is 14.4. The second-order valence-corrected chi connectivity index (χ2v) is 12.0. The Bertz CT molecular complexity index is 2400. The van der Waals surface area contributed by atoms with Crippen LogP contribution in [0.2, 0.25) is 0 Å². The van der Waals surface area contributed by atoms with Crippen LogP contribution in [-0.2, 0) is 0 Å². The minimum Gasteiger partial charge on any atom is -0.300 e. The van der Waals surface area contributed by atoms with Crippen LogP contribution in [0.25, 0.3) is 70.9 Å². The number of benzene rings is 7. The summed E-state index contributed by atoms with van der Waals surface area (Å²) in [7, 11) is 0. The van der Waals surface area contributed by atoms with Gasteiger partial charge in [-0.3, -0.25) is 0 Å². The number of allylic oxidation sites excluding steroid dienone is 6. The van der Waals surface area contributed by atoms with Crippen molar-refractivity contribution in [2.24, 2.45) is 0 Å². The molecule has 0 aliphatic heterocycles. The van der Waals surface area contributed by atoms with Crippen LogP contribution in [0, 0.1) is 5.41 Å². The van der Waals surface area contributed by atoms with Crippen molar-refractivity contribution in [2.45, 2.75) is 19.8 Å². The molecular weight excluding hydrogens is 542 g/mol. The highest BCUT2D eigenvalue weighted by Crippen LogP contribution is 2.45. The standard InChI is InChI=1S/C44H33N/c1-2-3-10-31-19-20-35(28-42(31)45)34-23-24-40-41(27-34)44(37-22-18-30-12-5-7-14-33(30)26-37)39-16-9-8-15-38(39)43(40)36-21-17-29-11-4-6-13-32(29)25-36/h4-28,45H,2-3H2,1H3/b31-10+,45-42?. The van der Waals surface area contributed by atoms with Gasteiger partial charge in [-0.1, -0.05) is 141 Å². The first-order valence-electron chi connectivity index (χ1n) is 15.8. The van der Waals surface area contributed by atoms with E-state index in [1.165, 1.54) is 65.3 Å². The molecule has 0 radical (unpaired) electrons. The Balaban J connectivity index is 1.43. The Hall–Kier alpha value is -5.53. The van der Waals surface area contributed by atoms with E-state index in [1.54, 1.807) is 0 Å². The lowest BCUT2D eigenvalue weighted by Crippen LogP contribution is -2.01. The molecule has 0 saturated carbocycles. The van der Waals surface area contributed by atoms with Gasteiger partial charge < -0.3 is 5.41 Å². The summed E-state index contributed by atoms with van der Waals surface area (Å²) < 4.78 is 0. The zero-order chi connectivity index (χ0) is 30.3. The molecule has 0 atom stereocenters. The highest BCUT2D eigenvalue weighted by Gasteiger charge is 2.19. The van der Waals surface area contributed by atoms with Gasteiger partial charge in [0.1, 0.15) is 0 Å². The van der Waals surface area contributed by atoms with E-state index in [1.807, 2.05) is 6.08 Å². The van der Waals surface area contributed by atoms with Crippen LogP contribution in [0.1, 0.15) is 25.3 Å². The van der Waals surface area contributed by atoms with Crippen LogP contribution >= 0.6 is 0 Å². The number of rotatable bonds is 5. The van der Waals surface area contributed by atoms with Crippen molar-refractivity contribution in [3.63, 3.8) is 0 Å². The van der Waals surface area contributed by atoms with E-state index in [0.29, 0.717) is 5.71 Å². The molecule has 0 fully saturated rings. The molecule has 0 spiro atoms. The first-order chi connectivity index (χ1) is 22.2. The molecule has 7 aromatic carbocycles. The van der Waals surface area contributed by atoms with Gasteiger partial charge in [0, 0.05) is 0 Å². The summed E-state index contributed by atoms with van der Waals surface area (Å²) in [4.78, 5) is 0. The molecule has 0 bridgehead atoms. The number of unbranched alkanes of at least 4 members (excludes halogenated alkanes) is 1. The van der Waals surface area contributed by atoms with E-state index in [2.05, 4.69) is 153 Å². The fourth-order valence-electron chi connectivity index (χ4n) is 6.88. The maximum atomic E-state index is 8.74. The Morgan fingerprint density at radius 3 is 1.64 bits per heavy atom. The van der Waals surface area contributed by atoms with E-state index in [4.69, 9.17) is 5.41 Å². The molecule has 1 nitrogen and oxygen atoms in total. The van der Waals surface area contributed by atoms with Crippen LogP contribution in [0.5, 0.6) is 0 Å². The van der Waals surface area contributed by atoms with E-state index in [0.717, 1.165) is 29.6 Å². The molecule has 1 heteroatoms. The summed E-state index contributed by atoms with van der Waals surface area (Å²) in [6, 6.07) is 46.6. The van der Waals surface area contributed by atoms with Crippen molar-refractivity contribution in [1.29, 1.82) is 5.41 Å². The number of hydrogen-bond acceptors (Lipinski definition) is 1. The maximum Gasteiger partial charge on any atom is 0.0615 e. The normalized spacial score (nSPS) is 14.2. The molecule has 1 N–H and O–H groups in total. The largest absolute Gasteiger partial charge is 0.300 e. The van der Waals surface area contributed by atoms with Gasteiger partial charge in [0.15, 0.2) is 0 Å². The van der Waals surface area contributed by atoms with Gasteiger partial charge in [-0.15, -0.1) is 0 Å². The fourth-order valence-corrected chi connectivity index (χ4v) is 6.88. The monoisotopic (exact) mass is 575 g/mol. The molecule has 1 aliphatic rings. The predicted molar refractivity (Wildman–Crippen MR) is 195 cm³/mol. The lowest BCUT2D eigenvalue weighted by atomic mass is 9.83. The molecule has 0 saturated heterocycles. The Morgan fingerprint density at radius 2 is 1.04 bits per heavy atom. The average molecular weight is 576 g/mol. The van der Waals surface area contributed by atoms with E-state index in [-0.39, 0.29) is 0 Å². The van der Waals surface area contributed by atoms with E-state index >= 15 is 0 Å². The first kappa shape index (κ1) is 27.0. The SMILES string of the molecule is CCC/C=C1\C=CC(c2ccc3c(-c4ccc5ccccc5c4)c4ccccc4c(-c4ccc5ccccc5c4)c3c2)=CC1=N. The van der Waals surface area contributed by atoms with Crippen molar-refractivity contribution in [2.75, 3.05) is 0 Å². The lowest BCUT2D eigenvalue weighted by Gasteiger charge is -2.20. The minimum atomic E-state index is 0.575. The number of fused-ring (bicyclic) bond motifs is 4. The van der Waals surface area contributed by atoms with Gasteiger partial charge in [0.2, 0.25) is 0 Å². The van der Waals surface area contributed by atoms with Crippen LogP contribution in [0.15, 0.2) is 157 Å². The number of hydrogen-bond donors (Lipinski definition) is 1. The second kappa shape index (κ2) is 11.2. The summed E-state index contributed by atoms with van der Waals surface area (Å²) in [5.41, 5.74) is 8.71.